The first-order chi connectivity index (χ1) is 17.6. The Morgan fingerprint density at radius 1 is 0.917 bits per heavy atom. The average molecular weight is 500 g/mol. The Labute approximate surface area is 210 Å². The van der Waals surface area contributed by atoms with Gasteiger partial charge in [0.05, 0.1) is 31.2 Å². The minimum atomic E-state index is -0.293. The van der Waals surface area contributed by atoms with E-state index in [2.05, 4.69) is 15.3 Å². The summed E-state index contributed by atoms with van der Waals surface area (Å²) >= 11 is 1.21. The minimum absolute atomic E-state index is 0.124. The molecule has 10 heteroatoms. The van der Waals surface area contributed by atoms with Gasteiger partial charge in [0.2, 0.25) is 0 Å². The quantitative estimate of drug-likeness (QED) is 0.371. The number of amidine groups is 1. The molecule has 0 N–H and O–H groups in total. The Morgan fingerprint density at radius 2 is 1.69 bits per heavy atom. The number of methoxy groups -OCH3 is 2. The van der Waals surface area contributed by atoms with Crippen LogP contribution in [0.3, 0.4) is 0 Å². The van der Waals surface area contributed by atoms with Crippen molar-refractivity contribution in [2.24, 2.45) is 4.99 Å². The molecule has 1 aliphatic rings. The third-order valence-electron chi connectivity index (χ3n) is 5.51. The Kier molecular flexibility index (Phi) is 6.50. The van der Waals surface area contributed by atoms with E-state index in [-0.39, 0.29) is 23.0 Å². The molecule has 1 amide bonds. The maximum atomic E-state index is 13.5. The maximum absolute atomic E-state index is 13.5. The van der Waals surface area contributed by atoms with E-state index in [0.717, 1.165) is 11.3 Å². The highest BCUT2D eigenvalue weighted by Gasteiger charge is 2.32. The molecule has 1 aromatic heterocycles. The second kappa shape index (κ2) is 10.0. The molecule has 2 heterocycles. The normalized spacial score (nSPS) is 14.4. The predicted molar refractivity (Wildman–Crippen MR) is 140 cm³/mol. The highest BCUT2D eigenvalue weighted by molar-refractivity contribution is 8.13. The van der Waals surface area contributed by atoms with Crippen LogP contribution >= 0.6 is 11.8 Å². The molecule has 9 nitrogen and oxygen atoms in total. The molecule has 0 aliphatic carbocycles. The smallest absolute Gasteiger partial charge is 0.283 e. The van der Waals surface area contributed by atoms with E-state index < -0.39 is 0 Å². The molecule has 0 fully saturated rings. The number of carbonyl (C=O) groups excluding carboxylic acids is 1. The Hall–Kier alpha value is -4.44. The molecule has 36 heavy (non-hydrogen) atoms. The van der Waals surface area contributed by atoms with E-state index in [1.807, 2.05) is 24.3 Å². The number of rotatable bonds is 6. The van der Waals surface area contributed by atoms with Crippen LogP contribution in [-0.2, 0) is 10.7 Å². The zero-order valence-corrected chi connectivity index (χ0v) is 20.3. The van der Waals surface area contributed by atoms with Gasteiger partial charge < -0.3 is 9.47 Å². The Balaban J connectivity index is 1.49. The highest BCUT2D eigenvalue weighted by Crippen LogP contribution is 2.31. The van der Waals surface area contributed by atoms with Gasteiger partial charge in [-0.25, -0.2) is 4.99 Å². The first-order valence-electron chi connectivity index (χ1n) is 11.0. The average Bonchev–Trinajstić information content (AvgIpc) is 3.23. The summed E-state index contributed by atoms with van der Waals surface area (Å²) in [6.45, 7) is 0. The lowest BCUT2D eigenvalue weighted by Gasteiger charge is -2.18. The molecule has 0 bridgehead atoms. The maximum Gasteiger partial charge on any atom is 0.283 e. The van der Waals surface area contributed by atoms with Crippen molar-refractivity contribution in [2.45, 2.75) is 5.88 Å². The van der Waals surface area contributed by atoms with Crippen molar-refractivity contribution in [2.75, 3.05) is 19.1 Å². The molecular formula is C26H21N5O4S. The van der Waals surface area contributed by atoms with E-state index in [1.165, 1.54) is 21.3 Å². The molecule has 0 spiro atoms. The molecule has 4 aromatic rings. The van der Waals surface area contributed by atoms with Crippen molar-refractivity contribution >= 4 is 45.5 Å². The number of benzene rings is 3. The van der Waals surface area contributed by atoms with Crippen LogP contribution in [-0.4, -0.2) is 40.3 Å². The first-order valence-corrected chi connectivity index (χ1v) is 11.9. The van der Waals surface area contributed by atoms with Gasteiger partial charge in [-0.2, -0.15) is 4.68 Å². The van der Waals surface area contributed by atoms with Crippen LogP contribution in [0, 0.1) is 0 Å². The second-order valence-corrected chi connectivity index (χ2v) is 8.64. The van der Waals surface area contributed by atoms with Crippen molar-refractivity contribution in [3.05, 3.63) is 94.4 Å². The van der Waals surface area contributed by atoms with E-state index in [0.29, 0.717) is 27.5 Å². The lowest BCUT2D eigenvalue weighted by molar-refractivity contribution is -0.113. The highest BCUT2D eigenvalue weighted by atomic mass is 32.2. The largest absolute Gasteiger partial charge is 0.497 e. The fourth-order valence-corrected chi connectivity index (χ4v) is 4.54. The monoisotopic (exact) mass is 499 g/mol. The van der Waals surface area contributed by atoms with Gasteiger partial charge in [0, 0.05) is 6.07 Å². The van der Waals surface area contributed by atoms with Gasteiger partial charge >= 0.3 is 0 Å². The van der Waals surface area contributed by atoms with Crippen LogP contribution < -0.4 is 19.9 Å². The number of carbonyl (C=O) groups is 1. The van der Waals surface area contributed by atoms with Crippen molar-refractivity contribution in [1.29, 1.82) is 0 Å². The van der Waals surface area contributed by atoms with E-state index in [4.69, 9.17) is 9.47 Å². The van der Waals surface area contributed by atoms with Crippen LogP contribution in [0.4, 0.5) is 5.69 Å². The predicted octanol–water partition coefficient (Wildman–Crippen LogP) is 3.94. The SMILES string of the molecule is COc1ccc(C=C2N=C(SCn3nnc4ccccc4c3=O)N(c3cccc(OC)c3)C2=O)cc1. The van der Waals surface area contributed by atoms with Crippen LogP contribution in [0.15, 0.2) is 88.3 Å². The summed E-state index contributed by atoms with van der Waals surface area (Å²) in [4.78, 5) is 32.5. The fraction of sp³-hybridized carbons (Fsp3) is 0.115. The number of aromatic nitrogens is 3. The van der Waals surface area contributed by atoms with Gasteiger partial charge in [0.15, 0.2) is 5.17 Å². The van der Waals surface area contributed by atoms with Crippen LogP contribution in [0.2, 0.25) is 0 Å². The van der Waals surface area contributed by atoms with Gasteiger partial charge in [-0.05, 0) is 48.0 Å². The summed E-state index contributed by atoms with van der Waals surface area (Å²) in [7, 11) is 3.16. The number of anilines is 1. The standard InChI is InChI=1S/C26H21N5O4S/c1-34-19-12-10-17(11-13-19)14-23-25(33)31(18-6-5-7-20(15-18)35-2)26(27-23)36-16-30-24(32)21-8-3-4-9-22(21)28-29-30/h3-15H,16H2,1-2H3. The molecule has 0 radical (unpaired) electrons. The number of hydrogen-bond donors (Lipinski definition) is 0. The van der Waals surface area contributed by atoms with Crippen LogP contribution in [0.1, 0.15) is 5.56 Å². The lowest BCUT2D eigenvalue weighted by Crippen LogP contribution is -2.31. The topological polar surface area (TPSA) is 98.9 Å². The number of amides is 1. The number of aliphatic imine (C=N–C) groups is 1. The van der Waals surface area contributed by atoms with Gasteiger partial charge in [0.25, 0.3) is 11.5 Å². The zero-order chi connectivity index (χ0) is 25.1. The summed E-state index contributed by atoms with van der Waals surface area (Å²) in [5.41, 5.74) is 1.93. The van der Waals surface area contributed by atoms with Gasteiger partial charge in [-0.15, -0.1) is 5.10 Å². The summed E-state index contributed by atoms with van der Waals surface area (Å²) in [5.74, 6) is 1.15. The van der Waals surface area contributed by atoms with E-state index in [9.17, 15) is 9.59 Å². The number of nitrogens with zero attached hydrogens (tertiary/aromatic N) is 5. The van der Waals surface area contributed by atoms with Crippen LogP contribution in [0.5, 0.6) is 11.5 Å². The van der Waals surface area contributed by atoms with Crippen LogP contribution in [0.25, 0.3) is 17.0 Å². The molecule has 1 aliphatic heterocycles. The molecule has 3 aromatic carbocycles. The number of thioether (sulfide) groups is 1. The zero-order valence-electron chi connectivity index (χ0n) is 19.5. The second-order valence-electron chi connectivity index (χ2n) is 7.72. The number of ether oxygens (including phenoxy) is 2. The Morgan fingerprint density at radius 3 is 2.47 bits per heavy atom. The summed E-state index contributed by atoms with van der Waals surface area (Å²) in [5, 5.41) is 9.06. The molecule has 0 saturated heterocycles. The minimum Gasteiger partial charge on any atom is -0.497 e. The van der Waals surface area contributed by atoms with Crippen molar-refractivity contribution in [1.82, 2.24) is 15.0 Å². The molecule has 0 saturated carbocycles. The Bertz CT molecular complexity index is 1560. The summed E-state index contributed by atoms with van der Waals surface area (Å²) in [6, 6.07) is 21.5. The van der Waals surface area contributed by atoms with Crippen molar-refractivity contribution < 1.29 is 14.3 Å². The number of fused-ring (bicyclic) bond motifs is 1. The van der Waals surface area contributed by atoms with E-state index >= 15 is 0 Å². The summed E-state index contributed by atoms with van der Waals surface area (Å²) < 4.78 is 11.8. The number of hydrogen-bond acceptors (Lipinski definition) is 8. The molecule has 180 valence electrons. The lowest BCUT2D eigenvalue weighted by atomic mass is 10.2. The third-order valence-corrected chi connectivity index (χ3v) is 6.41. The van der Waals surface area contributed by atoms with Gasteiger partial charge in [-0.3, -0.25) is 14.5 Å². The van der Waals surface area contributed by atoms with Gasteiger partial charge in [-0.1, -0.05) is 47.3 Å². The van der Waals surface area contributed by atoms with Crippen molar-refractivity contribution in [3.8, 4) is 11.5 Å². The van der Waals surface area contributed by atoms with Gasteiger partial charge in [0.1, 0.15) is 22.7 Å². The molecular weight excluding hydrogens is 478 g/mol. The fourth-order valence-electron chi connectivity index (χ4n) is 3.66. The third kappa shape index (κ3) is 4.58. The van der Waals surface area contributed by atoms with E-state index in [1.54, 1.807) is 68.8 Å². The molecule has 0 unspecified atom stereocenters. The molecule has 5 rings (SSSR count). The summed E-state index contributed by atoms with van der Waals surface area (Å²) in [6.07, 6.45) is 1.71. The van der Waals surface area contributed by atoms with Crippen molar-refractivity contribution in [3.63, 3.8) is 0 Å². The molecule has 0 atom stereocenters. The first kappa shape index (κ1) is 23.3.